The summed E-state index contributed by atoms with van der Waals surface area (Å²) in [6.45, 7) is 6.96. The number of hydrogen-bond acceptors (Lipinski definition) is 4. The van der Waals surface area contributed by atoms with E-state index < -0.39 is 0 Å². The number of rotatable bonds is 2. The Morgan fingerprint density at radius 1 is 1.47 bits per heavy atom. The molecule has 1 aliphatic rings. The molecule has 0 bridgehead atoms. The van der Waals surface area contributed by atoms with Gasteiger partial charge in [0.15, 0.2) is 0 Å². The molecule has 1 aromatic rings. The monoisotopic (exact) mass is 259 g/mol. The standard InChI is InChI=1S/C15H21N3O/c1-15(2)10-17-13(9-19)8-18(11-15)14-6-4-3-5-12(14)7-16/h3-6,13,17,19H,8-11H2,1-2H3. The van der Waals surface area contributed by atoms with Crippen LogP contribution in [-0.4, -0.2) is 37.4 Å². The molecule has 0 radical (unpaired) electrons. The van der Waals surface area contributed by atoms with Crippen molar-refractivity contribution in [1.82, 2.24) is 5.32 Å². The summed E-state index contributed by atoms with van der Waals surface area (Å²) in [5, 5.41) is 22.0. The third-order valence-corrected chi connectivity index (χ3v) is 3.51. The molecule has 2 rings (SSSR count). The van der Waals surface area contributed by atoms with Gasteiger partial charge in [0.2, 0.25) is 0 Å². The average Bonchev–Trinajstić information content (AvgIpc) is 2.57. The van der Waals surface area contributed by atoms with Crippen molar-refractivity contribution in [2.45, 2.75) is 19.9 Å². The van der Waals surface area contributed by atoms with Gasteiger partial charge in [0.25, 0.3) is 0 Å². The number of nitrogens with one attached hydrogen (secondary N) is 1. The van der Waals surface area contributed by atoms with E-state index in [4.69, 9.17) is 0 Å². The topological polar surface area (TPSA) is 59.3 Å². The predicted octanol–water partition coefficient (Wildman–Crippen LogP) is 1.35. The Bertz CT molecular complexity index is 479. The molecule has 1 saturated heterocycles. The van der Waals surface area contributed by atoms with Crippen LogP contribution in [0.1, 0.15) is 19.4 Å². The second-order valence-electron chi connectivity index (χ2n) is 5.93. The van der Waals surface area contributed by atoms with Gasteiger partial charge < -0.3 is 15.3 Å². The van der Waals surface area contributed by atoms with E-state index in [1.54, 1.807) is 0 Å². The van der Waals surface area contributed by atoms with Crippen LogP contribution in [-0.2, 0) is 0 Å². The molecule has 0 saturated carbocycles. The van der Waals surface area contributed by atoms with Crippen molar-refractivity contribution in [3.05, 3.63) is 29.8 Å². The Hall–Kier alpha value is -1.57. The largest absolute Gasteiger partial charge is 0.395 e. The van der Waals surface area contributed by atoms with Gasteiger partial charge >= 0.3 is 0 Å². The quantitative estimate of drug-likeness (QED) is 0.842. The molecule has 0 aliphatic carbocycles. The molecule has 0 aromatic heterocycles. The maximum Gasteiger partial charge on any atom is 0.101 e. The molecule has 2 N–H and O–H groups in total. The zero-order valence-corrected chi connectivity index (χ0v) is 11.6. The first kappa shape index (κ1) is 13.9. The Morgan fingerprint density at radius 3 is 2.89 bits per heavy atom. The van der Waals surface area contributed by atoms with Crippen LogP contribution in [0.3, 0.4) is 0 Å². The maximum atomic E-state index is 9.42. The van der Waals surface area contributed by atoms with E-state index >= 15 is 0 Å². The van der Waals surface area contributed by atoms with Crippen molar-refractivity contribution in [3.8, 4) is 6.07 Å². The molecule has 1 unspecified atom stereocenters. The number of nitrogens with zero attached hydrogens (tertiary/aromatic N) is 2. The molecule has 0 spiro atoms. The first-order valence-corrected chi connectivity index (χ1v) is 6.64. The van der Waals surface area contributed by atoms with Crippen LogP contribution in [0.25, 0.3) is 0 Å². The Kier molecular flexibility index (Phi) is 4.08. The molecule has 0 amide bonds. The van der Waals surface area contributed by atoms with Gasteiger partial charge in [-0.05, 0) is 17.5 Å². The molecule has 102 valence electrons. The summed E-state index contributed by atoms with van der Waals surface area (Å²) in [5.74, 6) is 0. The Labute approximate surface area is 114 Å². The van der Waals surface area contributed by atoms with Gasteiger partial charge in [-0.2, -0.15) is 5.26 Å². The maximum absolute atomic E-state index is 9.42. The highest BCUT2D eigenvalue weighted by molar-refractivity contribution is 5.59. The number of para-hydroxylation sites is 1. The van der Waals surface area contributed by atoms with Crippen molar-refractivity contribution in [1.29, 1.82) is 5.26 Å². The fourth-order valence-corrected chi connectivity index (χ4v) is 2.54. The van der Waals surface area contributed by atoms with Crippen LogP contribution in [0.15, 0.2) is 24.3 Å². The summed E-state index contributed by atoms with van der Waals surface area (Å²) in [5.41, 5.74) is 1.75. The van der Waals surface area contributed by atoms with Gasteiger partial charge in [0.1, 0.15) is 6.07 Å². The summed E-state index contributed by atoms with van der Waals surface area (Å²) in [7, 11) is 0. The summed E-state index contributed by atoms with van der Waals surface area (Å²) in [6.07, 6.45) is 0. The number of benzene rings is 1. The zero-order valence-electron chi connectivity index (χ0n) is 11.6. The second-order valence-corrected chi connectivity index (χ2v) is 5.93. The molecule has 1 heterocycles. The van der Waals surface area contributed by atoms with E-state index in [2.05, 4.69) is 30.1 Å². The normalized spacial score (nSPS) is 22.6. The summed E-state index contributed by atoms with van der Waals surface area (Å²) in [6, 6.07) is 9.96. The van der Waals surface area contributed by atoms with Crippen LogP contribution in [0.2, 0.25) is 0 Å². The number of anilines is 1. The predicted molar refractivity (Wildman–Crippen MR) is 76.0 cm³/mol. The highest BCUT2D eigenvalue weighted by Crippen LogP contribution is 2.26. The minimum absolute atomic E-state index is 0.0496. The van der Waals surface area contributed by atoms with Gasteiger partial charge in [-0.25, -0.2) is 0 Å². The third kappa shape index (κ3) is 3.25. The lowest BCUT2D eigenvalue weighted by molar-refractivity contribution is 0.242. The van der Waals surface area contributed by atoms with E-state index in [1.165, 1.54) is 0 Å². The first-order valence-electron chi connectivity index (χ1n) is 6.64. The molecule has 1 atom stereocenters. The molecular weight excluding hydrogens is 238 g/mol. The SMILES string of the molecule is CC1(C)CNC(CO)CN(c2ccccc2C#N)C1. The van der Waals surface area contributed by atoms with E-state index in [0.717, 1.165) is 25.3 Å². The lowest BCUT2D eigenvalue weighted by atomic mass is 9.93. The van der Waals surface area contributed by atoms with Gasteiger partial charge in [0.05, 0.1) is 17.9 Å². The van der Waals surface area contributed by atoms with Gasteiger partial charge in [-0.15, -0.1) is 0 Å². The lowest BCUT2D eigenvalue weighted by Crippen LogP contribution is -2.40. The van der Waals surface area contributed by atoms with Crippen LogP contribution in [0, 0.1) is 16.7 Å². The van der Waals surface area contributed by atoms with Crippen LogP contribution in [0.5, 0.6) is 0 Å². The van der Waals surface area contributed by atoms with Crippen molar-refractivity contribution < 1.29 is 5.11 Å². The number of hydrogen-bond donors (Lipinski definition) is 2. The smallest absolute Gasteiger partial charge is 0.101 e. The van der Waals surface area contributed by atoms with Gasteiger partial charge in [0, 0.05) is 25.7 Å². The molecule has 1 fully saturated rings. The van der Waals surface area contributed by atoms with Gasteiger partial charge in [-0.3, -0.25) is 0 Å². The van der Waals surface area contributed by atoms with E-state index in [9.17, 15) is 10.4 Å². The highest BCUT2D eigenvalue weighted by atomic mass is 16.3. The fraction of sp³-hybridized carbons (Fsp3) is 0.533. The van der Waals surface area contributed by atoms with Crippen molar-refractivity contribution in [3.63, 3.8) is 0 Å². The lowest BCUT2D eigenvalue weighted by Gasteiger charge is -2.31. The second kappa shape index (κ2) is 5.60. The minimum Gasteiger partial charge on any atom is -0.395 e. The molecule has 4 nitrogen and oxygen atoms in total. The van der Waals surface area contributed by atoms with E-state index in [0.29, 0.717) is 5.56 Å². The minimum atomic E-state index is 0.0496. The molecular formula is C15H21N3O. The van der Waals surface area contributed by atoms with Crippen molar-refractivity contribution in [2.75, 3.05) is 31.1 Å². The fourth-order valence-electron chi connectivity index (χ4n) is 2.54. The van der Waals surface area contributed by atoms with E-state index in [1.807, 2.05) is 24.3 Å². The zero-order chi connectivity index (χ0) is 13.9. The van der Waals surface area contributed by atoms with Crippen LogP contribution < -0.4 is 10.2 Å². The van der Waals surface area contributed by atoms with Crippen molar-refractivity contribution >= 4 is 5.69 Å². The van der Waals surface area contributed by atoms with E-state index in [-0.39, 0.29) is 18.1 Å². The summed E-state index contributed by atoms with van der Waals surface area (Å²) < 4.78 is 0. The Balaban J connectivity index is 2.32. The number of nitriles is 1. The third-order valence-electron chi connectivity index (χ3n) is 3.51. The van der Waals surface area contributed by atoms with Crippen molar-refractivity contribution in [2.24, 2.45) is 5.41 Å². The van der Waals surface area contributed by atoms with Crippen LogP contribution in [0.4, 0.5) is 5.69 Å². The summed E-state index contributed by atoms with van der Waals surface area (Å²) in [4.78, 5) is 2.21. The first-order chi connectivity index (χ1) is 9.05. The highest BCUT2D eigenvalue weighted by Gasteiger charge is 2.29. The molecule has 1 aromatic carbocycles. The number of aliphatic hydroxyl groups is 1. The molecule has 1 aliphatic heterocycles. The molecule has 4 heteroatoms. The van der Waals surface area contributed by atoms with Crippen LogP contribution >= 0.6 is 0 Å². The summed E-state index contributed by atoms with van der Waals surface area (Å²) >= 11 is 0. The van der Waals surface area contributed by atoms with Gasteiger partial charge in [-0.1, -0.05) is 26.0 Å². The molecule has 19 heavy (non-hydrogen) atoms. The Morgan fingerprint density at radius 2 is 2.21 bits per heavy atom. The average molecular weight is 259 g/mol. The number of aliphatic hydroxyl groups excluding tert-OH is 1.